The molecule has 27 heavy (non-hydrogen) atoms. The molecule has 0 saturated heterocycles. The van der Waals surface area contributed by atoms with Crippen LogP contribution in [0.25, 0.3) is 0 Å². The van der Waals surface area contributed by atoms with Crippen molar-refractivity contribution >= 4 is 33.2 Å². The Labute approximate surface area is 163 Å². The molecule has 0 spiro atoms. The molecule has 0 radical (unpaired) electrons. The summed E-state index contributed by atoms with van der Waals surface area (Å²) in [4.78, 5) is 22.7. The Morgan fingerprint density at radius 1 is 0.889 bits per heavy atom. The minimum absolute atomic E-state index is 0.150. The third-order valence-corrected chi connectivity index (χ3v) is 4.28. The van der Waals surface area contributed by atoms with E-state index < -0.39 is 10.8 Å². The van der Waals surface area contributed by atoms with Gasteiger partial charge in [-0.3, -0.25) is 14.9 Å². The maximum absolute atomic E-state index is 12.4. The predicted molar refractivity (Wildman–Crippen MR) is 107 cm³/mol. The highest BCUT2D eigenvalue weighted by Gasteiger charge is 2.12. The van der Waals surface area contributed by atoms with Gasteiger partial charge in [-0.25, -0.2) is 5.43 Å². The zero-order chi connectivity index (χ0) is 19.2. The van der Waals surface area contributed by atoms with E-state index in [1.807, 2.05) is 54.6 Å². The zero-order valence-corrected chi connectivity index (χ0v) is 15.6. The summed E-state index contributed by atoms with van der Waals surface area (Å²) in [6.07, 6.45) is 0. The van der Waals surface area contributed by atoms with Crippen LogP contribution >= 0.6 is 15.9 Å². The Morgan fingerprint density at radius 3 is 2.19 bits per heavy atom. The number of amides is 1. The minimum atomic E-state index is -0.544. The second-order valence-electron chi connectivity index (χ2n) is 5.58. The van der Waals surface area contributed by atoms with Gasteiger partial charge in [0.2, 0.25) is 0 Å². The summed E-state index contributed by atoms with van der Waals surface area (Å²) in [5.74, 6) is -0.524. The van der Waals surface area contributed by atoms with Gasteiger partial charge in [-0.1, -0.05) is 64.5 Å². The number of carbonyl (C=O) groups excluding carboxylic acids is 1. The van der Waals surface area contributed by atoms with Crippen LogP contribution < -0.4 is 5.43 Å². The Bertz CT molecular complexity index is 1000. The lowest BCUT2D eigenvalue weighted by atomic mass is 10.0. The Balaban J connectivity index is 1.92. The van der Waals surface area contributed by atoms with E-state index in [1.54, 1.807) is 0 Å². The van der Waals surface area contributed by atoms with Crippen LogP contribution in [0.3, 0.4) is 0 Å². The third-order valence-electron chi connectivity index (χ3n) is 3.75. The van der Waals surface area contributed by atoms with Crippen LogP contribution in [0.4, 0.5) is 5.69 Å². The number of halogens is 1. The maximum atomic E-state index is 12.4. The largest absolute Gasteiger partial charge is 0.271 e. The van der Waals surface area contributed by atoms with Gasteiger partial charge >= 0.3 is 0 Å². The van der Waals surface area contributed by atoms with Crippen molar-refractivity contribution in [2.24, 2.45) is 5.10 Å². The number of hydrogen-bond donors (Lipinski definition) is 1. The van der Waals surface area contributed by atoms with Crippen molar-refractivity contribution in [3.8, 4) is 0 Å². The van der Waals surface area contributed by atoms with E-state index in [0.29, 0.717) is 5.71 Å². The van der Waals surface area contributed by atoms with Crippen molar-refractivity contribution in [3.63, 3.8) is 0 Å². The van der Waals surface area contributed by atoms with Gasteiger partial charge in [0.25, 0.3) is 11.6 Å². The van der Waals surface area contributed by atoms with Gasteiger partial charge in [0.15, 0.2) is 0 Å². The monoisotopic (exact) mass is 423 g/mol. The van der Waals surface area contributed by atoms with Crippen molar-refractivity contribution in [2.45, 2.75) is 0 Å². The first-order valence-corrected chi connectivity index (χ1v) is 8.78. The van der Waals surface area contributed by atoms with Crippen molar-refractivity contribution in [1.29, 1.82) is 0 Å². The van der Waals surface area contributed by atoms with Gasteiger partial charge in [0.05, 0.1) is 10.6 Å². The van der Waals surface area contributed by atoms with Crippen LogP contribution in [0.5, 0.6) is 0 Å². The van der Waals surface area contributed by atoms with Crippen LogP contribution in [-0.2, 0) is 0 Å². The fourth-order valence-corrected chi connectivity index (χ4v) is 2.70. The average Bonchev–Trinajstić information content (AvgIpc) is 2.70. The molecule has 0 aliphatic heterocycles. The van der Waals surface area contributed by atoms with Crippen LogP contribution in [0.1, 0.15) is 21.5 Å². The van der Waals surface area contributed by atoms with Gasteiger partial charge < -0.3 is 0 Å². The molecule has 0 saturated carbocycles. The molecule has 134 valence electrons. The van der Waals surface area contributed by atoms with E-state index in [0.717, 1.165) is 15.6 Å². The first-order chi connectivity index (χ1) is 13.0. The van der Waals surface area contributed by atoms with E-state index in [2.05, 4.69) is 26.5 Å². The standard InChI is InChI=1S/C20H14BrN3O3/c21-17-11-9-15(10-12-17)19(14-5-2-1-3-6-14)22-23-20(25)16-7-4-8-18(13-16)24(26)27/h1-13H,(H,23,25). The van der Waals surface area contributed by atoms with E-state index in [-0.39, 0.29) is 11.3 Å². The zero-order valence-electron chi connectivity index (χ0n) is 14.0. The molecule has 3 aromatic carbocycles. The fourth-order valence-electron chi connectivity index (χ4n) is 2.43. The Morgan fingerprint density at radius 2 is 1.52 bits per heavy atom. The third kappa shape index (κ3) is 4.65. The minimum Gasteiger partial charge on any atom is -0.267 e. The lowest BCUT2D eigenvalue weighted by Gasteiger charge is -2.08. The molecule has 7 heteroatoms. The summed E-state index contributed by atoms with van der Waals surface area (Å²) >= 11 is 3.40. The second-order valence-corrected chi connectivity index (χ2v) is 6.50. The van der Waals surface area contributed by atoms with Gasteiger partial charge in [-0.2, -0.15) is 5.10 Å². The summed E-state index contributed by atoms with van der Waals surface area (Å²) in [5, 5.41) is 15.2. The van der Waals surface area contributed by atoms with Gasteiger partial charge in [-0.15, -0.1) is 0 Å². The summed E-state index contributed by atoms with van der Waals surface area (Å²) < 4.78 is 0.930. The van der Waals surface area contributed by atoms with Gasteiger partial charge in [0.1, 0.15) is 0 Å². The number of nitrogens with zero attached hydrogens (tertiary/aromatic N) is 2. The van der Waals surface area contributed by atoms with Gasteiger partial charge in [0, 0.05) is 33.3 Å². The highest BCUT2D eigenvalue weighted by atomic mass is 79.9. The average molecular weight is 424 g/mol. The summed E-state index contributed by atoms with van der Waals surface area (Å²) in [6, 6.07) is 22.5. The quantitative estimate of drug-likeness (QED) is 0.371. The molecule has 1 N–H and O–H groups in total. The van der Waals surface area contributed by atoms with Crippen molar-refractivity contribution in [1.82, 2.24) is 5.43 Å². The number of benzene rings is 3. The number of carbonyl (C=O) groups is 1. The first-order valence-electron chi connectivity index (χ1n) is 7.98. The van der Waals surface area contributed by atoms with Crippen LogP contribution in [0.15, 0.2) is 88.4 Å². The molecule has 3 aromatic rings. The molecular formula is C20H14BrN3O3. The molecule has 0 bridgehead atoms. The number of non-ortho nitro benzene ring substituents is 1. The molecule has 6 nitrogen and oxygen atoms in total. The van der Waals surface area contributed by atoms with Crippen molar-refractivity contribution in [3.05, 3.63) is 110 Å². The number of hydrazone groups is 1. The van der Waals surface area contributed by atoms with Crippen LogP contribution in [-0.4, -0.2) is 16.5 Å². The molecule has 0 unspecified atom stereocenters. The number of nitro benzene ring substituents is 1. The van der Waals surface area contributed by atoms with E-state index in [4.69, 9.17) is 0 Å². The number of hydrogen-bond acceptors (Lipinski definition) is 4. The molecular weight excluding hydrogens is 410 g/mol. The molecule has 0 aromatic heterocycles. The smallest absolute Gasteiger partial charge is 0.267 e. The molecule has 0 heterocycles. The number of nitro groups is 1. The normalized spacial score (nSPS) is 11.1. The van der Waals surface area contributed by atoms with Gasteiger partial charge in [-0.05, 0) is 18.2 Å². The molecule has 0 fully saturated rings. The molecule has 3 rings (SSSR count). The highest BCUT2D eigenvalue weighted by molar-refractivity contribution is 9.10. The molecule has 0 atom stereocenters. The van der Waals surface area contributed by atoms with E-state index >= 15 is 0 Å². The maximum Gasteiger partial charge on any atom is 0.271 e. The Hall–Kier alpha value is -3.32. The molecule has 0 aliphatic rings. The fraction of sp³-hybridized carbons (Fsp3) is 0. The Kier molecular flexibility index (Phi) is 5.73. The lowest BCUT2D eigenvalue weighted by molar-refractivity contribution is -0.384. The van der Waals surface area contributed by atoms with E-state index in [9.17, 15) is 14.9 Å². The van der Waals surface area contributed by atoms with Crippen LogP contribution in [0, 0.1) is 10.1 Å². The van der Waals surface area contributed by atoms with Crippen LogP contribution in [0.2, 0.25) is 0 Å². The second kappa shape index (κ2) is 8.37. The summed E-state index contributed by atoms with van der Waals surface area (Å²) in [6.45, 7) is 0. The summed E-state index contributed by atoms with van der Waals surface area (Å²) in [5.41, 5.74) is 4.74. The molecule has 1 amide bonds. The lowest BCUT2D eigenvalue weighted by Crippen LogP contribution is -2.20. The van der Waals surface area contributed by atoms with Crippen molar-refractivity contribution < 1.29 is 9.72 Å². The molecule has 0 aliphatic carbocycles. The van der Waals surface area contributed by atoms with Crippen molar-refractivity contribution in [2.75, 3.05) is 0 Å². The first kappa shape index (κ1) is 18.5. The topological polar surface area (TPSA) is 84.6 Å². The van der Waals surface area contributed by atoms with E-state index in [1.165, 1.54) is 24.3 Å². The summed E-state index contributed by atoms with van der Waals surface area (Å²) in [7, 11) is 0. The highest BCUT2D eigenvalue weighted by Crippen LogP contribution is 2.16. The SMILES string of the molecule is O=C(NN=C(c1ccccc1)c1ccc(Br)cc1)c1cccc([N+](=O)[O-])c1. The predicted octanol–water partition coefficient (Wildman–Crippen LogP) is 4.54. The number of nitrogens with one attached hydrogen (secondary N) is 1. The number of rotatable bonds is 5.